The van der Waals surface area contributed by atoms with Gasteiger partial charge in [-0.25, -0.2) is 0 Å². The predicted molar refractivity (Wildman–Crippen MR) is 78.2 cm³/mol. The first-order valence-electron chi connectivity index (χ1n) is 6.06. The summed E-state index contributed by atoms with van der Waals surface area (Å²) in [7, 11) is 1.59. The third kappa shape index (κ3) is 3.38. The molecule has 4 heteroatoms. The minimum absolute atomic E-state index is 0.176. The molecule has 0 bridgehead atoms. The van der Waals surface area contributed by atoms with Crippen molar-refractivity contribution < 1.29 is 14.3 Å². The molecule has 2 aromatic rings. The monoisotopic (exact) mass is 269 g/mol. The van der Waals surface area contributed by atoms with Crippen LogP contribution in [-0.2, 0) is 0 Å². The average molecular weight is 269 g/mol. The molecule has 0 atom stereocenters. The minimum atomic E-state index is -0.176. The summed E-state index contributed by atoms with van der Waals surface area (Å²) in [6.07, 6.45) is 1.35. The normalized spacial score (nSPS) is 9.65. The zero-order valence-electron chi connectivity index (χ0n) is 11.1. The van der Waals surface area contributed by atoms with Crippen LogP contribution in [-0.4, -0.2) is 13.0 Å². The summed E-state index contributed by atoms with van der Waals surface area (Å²) in [5.74, 6) is 1.21. The van der Waals surface area contributed by atoms with Crippen molar-refractivity contribution in [3.63, 3.8) is 0 Å². The number of benzene rings is 2. The van der Waals surface area contributed by atoms with Crippen molar-refractivity contribution in [1.29, 1.82) is 0 Å². The molecule has 0 aromatic heterocycles. The molecule has 0 radical (unpaired) electrons. The molecule has 0 heterocycles. The Kier molecular flexibility index (Phi) is 4.39. The molecule has 0 fully saturated rings. The maximum absolute atomic E-state index is 12.0. The third-order valence-corrected chi connectivity index (χ3v) is 2.68. The number of methoxy groups -OCH3 is 1. The van der Waals surface area contributed by atoms with Crippen molar-refractivity contribution in [2.45, 2.75) is 0 Å². The highest BCUT2D eigenvalue weighted by atomic mass is 16.5. The predicted octanol–water partition coefficient (Wildman–Crippen LogP) is 3.47. The van der Waals surface area contributed by atoms with E-state index >= 15 is 0 Å². The number of carbonyl (C=O) groups excluding carboxylic acids is 1. The van der Waals surface area contributed by atoms with Gasteiger partial charge in [-0.1, -0.05) is 6.58 Å². The molecular formula is C16H15NO3. The Hall–Kier alpha value is -2.75. The van der Waals surface area contributed by atoms with Crippen molar-refractivity contribution in [3.8, 4) is 11.5 Å². The maximum atomic E-state index is 12.0. The Morgan fingerprint density at radius 2 is 1.65 bits per heavy atom. The van der Waals surface area contributed by atoms with E-state index in [0.29, 0.717) is 22.7 Å². The van der Waals surface area contributed by atoms with Gasteiger partial charge in [-0.2, -0.15) is 0 Å². The van der Waals surface area contributed by atoms with E-state index in [1.807, 2.05) is 0 Å². The number of amides is 1. The van der Waals surface area contributed by atoms with Crippen LogP contribution in [0.4, 0.5) is 5.69 Å². The molecule has 102 valence electrons. The number of carbonyl (C=O) groups is 1. The van der Waals surface area contributed by atoms with Gasteiger partial charge >= 0.3 is 0 Å². The van der Waals surface area contributed by atoms with Crippen LogP contribution in [0.1, 0.15) is 10.4 Å². The lowest BCUT2D eigenvalue weighted by Crippen LogP contribution is -2.11. The summed E-state index contributed by atoms with van der Waals surface area (Å²) in [5.41, 5.74) is 1.26. The standard InChI is InChI=1S/C16H15NO3/c1-3-20-15-10-6-13(7-11-15)17-16(18)12-4-8-14(19-2)9-5-12/h3-11H,1H2,2H3,(H,17,18). The van der Waals surface area contributed by atoms with Gasteiger partial charge < -0.3 is 14.8 Å². The fraction of sp³-hybridized carbons (Fsp3) is 0.0625. The number of hydrogen-bond acceptors (Lipinski definition) is 3. The minimum Gasteiger partial charge on any atom is -0.497 e. The molecule has 0 spiro atoms. The van der Waals surface area contributed by atoms with Crippen LogP contribution in [0.25, 0.3) is 0 Å². The summed E-state index contributed by atoms with van der Waals surface area (Å²) in [6.45, 7) is 3.48. The van der Waals surface area contributed by atoms with Crippen molar-refractivity contribution in [1.82, 2.24) is 0 Å². The quantitative estimate of drug-likeness (QED) is 0.845. The zero-order chi connectivity index (χ0) is 14.4. The summed E-state index contributed by atoms with van der Waals surface area (Å²) in [4.78, 5) is 12.0. The number of hydrogen-bond donors (Lipinski definition) is 1. The summed E-state index contributed by atoms with van der Waals surface area (Å²) >= 11 is 0. The van der Waals surface area contributed by atoms with Gasteiger partial charge in [0.25, 0.3) is 5.91 Å². The van der Waals surface area contributed by atoms with Gasteiger partial charge in [0.1, 0.15) is 11.5 Å². The van der Waals surface area contributed by atoms with E-state index in [9.17, 15) is 4.79 Å². The van der Waals surface area contributed by atoms with E-state index < -0.39 is 0 Å². The van der Waals surface area contributed by atoms with Crippen LogP contribution >= 0.6 is 0 Å². The highest BCUT2D eigenvalue weighted by Gasteiger charge is 2.06. The van der Waals surface area contributed by atoms with Gasteiger partial charge in [-0.05, 0) is 48.5 Å². The smallest absolute Gasteiger partial charge is 0.255 e. The molecule has 4 nitrogen and oxygen atoms in total. The van der Waals surface area contributed by atoms with Crippen LogP contribution < -0.4 is 14.8 Å². The Morgan fingerprint density at radius 1 is 1.05 bits per heavy atom. The van der Waals surface area contributed by atoms with E-state index in [1.54, 1.807) is 55.6 Å². The molecular weight excluding hydrogens is 254 g/mol. The van der Waals surface area contributed by atoms with Crippen molar-refractivity contribution in [3.05, 3.63) is 66.9 Å². The lowest BCUT2D eigenvalue weighted by Gasteiger charge is -2.07. The molecule has 0 aliphatic carbocycles. The second-order valence-electron chi connectivity index (χ2n) is 3.99. The van der Waals surface area contributed by atoms with Crippen LogP contribution in [0, 0.1) is 0 Å². The Balaban J connectivity index is 2.04. The van der Waals surface area contributed by atoms with E-state index in [1.165, 1.54) is 6.26 Å². The molecule has 1 amide bonds. The summed E-state index contributed by atoms with van der Waals surface area (Å²) in [5, 5.41) is 2.80. The molecule has 0 aliphatic heterocycles. The fourth-order valence-corrected chi connectivity index (χ4v) is 1.66. The second-order valence-corrected chi connectivity index (χ2v) is 3.99. The van der Waals surface area contributed by atoms with Crippen LogP contribution in [0.15, 0.2) is 61.4 Å². The lowest BCUT2D eigenvalue weighted by molar-refractivity contribution is 0.102. The van der Waals surface area contributed by atoms with E-state index in [-0.39, 0.29) is 5.91 Å². The fourth-order valence-electron chi connectivity index (χ4n) is 1.66. The number of anilines is 1. The molecule has 1 N–H and O–H groups in total. The van der Waals surface area contributed by atoms with Crippen molar-refractivity contribution in [2.75, 3.05) is 12.4 Å². The Labute approximate surface area is 117 Å². The van der Waals surface area contributed by atoms with Gasteiger partial charge in [0.05, 0.1) is 13.4 Å². The molecule has 0 saturated heterocycles. The van der Waals surface area contributed by atoms with Crippen LogP contribution in [0.5, 0.6) is 11.5 Å². The van der Waals surface area contributed by atoms with Crippen LogP contribution in [0.3, 0.4) is 0 Å². The summed E-state index contributed by atoms with van der Waals surface area (Å²) < 4.78 is 10.2. The molecule has 2 rings (SSSR count). The third-order valence-electron chi connectivity index (χ3n) is 2.68. The van der Waals surface area contributed by atoms with Gasteiger partial charge in [-0.15, -0.1) is 0 Å². The first kappa shape index (κ1) is 13.7. The Morgan fingerprint density at radius 3 is 2.20 bits per heavy atom. The average Bonchev–Trinajstić information content (AvgIpc) is 2.49. The van der Waals surface area contributed by atoms with Gasteiger partial charge in [-0.3, -0.25) is 4.79 Å². The van der Waals surface area contributed by atoms with Crippen molar-refractivity contribution >= 4 is 11.6 Å². The zero-order valence-corrected chi connectivity index (χ0v) is 11.1. The van der Waals surface area contributed by atoms with E-state index in [2.05, 4.69) is 11.9 Å². The van der Waals surface area contributed by atoms with Gasteiger partial charge in [0.15, 0.2) is 0 Å². The second kappa shape index (κ2) is 6.43. The van der Waals surface area contributed by atoms with Gasteiger partial charge in [0.2, 0.25) is 0 Å². The largest absolute Gasteiger partial charge is 0.497 e. The maximum Gasteiger partial charge on any atom is 0.255 e. The van der Waals surface area contributed by atoms with E-state index in [4.69, 9.17) is 9.47 Å². The highest BCUT2D eigenvalue weighted by molar-refractivity contribution is 6.04. The summed E-state index contributed by atoms with van der Waals surface area (Å²) in [6, 6.07) is 14.0. The lowest BCUT2D eigenvalue weighted by atomic mass is 10.2. The molecule has 0 aliphatic rings. The first-order valence-corrected chi connectivity index (χ1v) is 6.06. The van der Waals surface area contributed by atoms with Gasteiger partial charge in [0, 0.05) is 11.3 Å². The molecule has 0 unspecified atom stereocenters. The molecule has 2 aromatic carbocycles. The molecule has 20 heavy (non-hydrogen) atoms. The number of nitrogens with one attached hydrogen (secondary N) is 1. The topological polar surface area (TPSA) is 47.6 Å². The number of rotatable bonds is 5. The SMILES string of the molecule is C=COc1ccc(NC(=O)c2ccc(OC)cc2)cc1. The first-order chi connectivity index (χ1) is 9.72. The van der Waals surface area contributed by atoms with E-state index in [0.717, 1.165) is 0 Å². The Bertz CT molecular complexity index is 588. The van der Waals surface area contributed by atoms with Crippen LogP contribution in [0.2, 0.25) is 0 Å². The highest BCUT2D eigenvalue weighted by Crippen LogP contribution is 2.17. The molecule has 0 saturated carbocycles. The number of ether oxygens (including phenoxy) is 2. The van der Waals surface area contributed by atoms with Crippen molar-refractivity contribution in [2.24, 2.45) is 0 Å².